The van der Waals surface area contributed by atoms with E-state index in [1.807, 2.05) is 12.1 Å². The van der Waals surface area contributed by atoms with Gasteiger partial charge in [-0.1, -0.05) is 27.5 Å². The number of nitrogens with zero attached hydrogens (tertiary/aromatic N) is 1. The Bertz CT molecular complexity index is 370. The molecular formula is C10H11BrClNO2. The van der Waals surface area contributed by atoms with Gasteiger partial charge in [-0.2, -0.15) is 0 Å². The standard InChI is InChI=1S/C10H11BrClNO2/c1-13(10(14)15-2)6-7-5-8(11)3-4-9(7)12/h3-5H,6H2,1-2H3. The number of carbonyl (C=O) groups excluding carboxylic acids is 1. The van der Waals surface area contributed by atoms with Gasteiger partial charge in [0.2, 0.25) is 0 Å². The second-order valence-electron chi connectivity index (χ2n) is 3.06. The Balaban J connectivity index is 2.80. The quantitative estimate of drug-likeness (QED) is 0.837. The van der Waals surface area contributed by atoms with Gasteiger partial charge >= 0.3 is 6.09 Å². The lowest BCUT2D eigenvalue weighted by molar-refractivity contribution is 0.131. The number of amides is 1. The van der Waals surface area contributed by atoms with Gasteiger partial charge in [-0.3, -0.25) is 0 Å². The van der Waals surface area contributed by atoms with Crippen LogP contribution in [0.2, 0.25) is 5.02 Å². The molecule has 0 aliphatic heterocycles. The molecule has 1 aromatic carbocycles. The van der Waals surface area contributed by atoms with Crippen LogP contribution in [0.3, 0.4) is 0 Å². The lowest BCUT2D eigenvalue weighted by Gasteiger charge is -2.16. The van der Waals surface area contributed by atoms with Crippen LogP contribution in [0.4, 0.5) is 4.79 Å². The van der Waals surface area contributed by atoms with Gasteiger partial charge in [-0.15, -0.1) is 0 Å². The van der Waals surface area contributed by atoms with Crippen molar-refractivity contribution < 1.29 is 9.53 Å². The van der Waals surface area contributed by atoms with Crippen molar-refractivity contribution in [3.8, 4) is 0 Å². The summed E-state index contributed by atoms with van der Waals surface area (Å²) in [7, 11) is 3.00. The van der Waals surface area contributed by atoms with Crippen LogP contribution >= 0.6 is 27.5 Å². The molecule has 0 aromatic heterocycles. The molecule has 1 amide bonds. The van der Waals surface area contributed by atoms with Crippen molar-refractivity contribution in [1.82, 2.24) is 4.90 Å². The molecule has 0 heterocycles. The number of hydrogen-bond donors (Lipinski definition) is 0. The number of hydrogen-bond acceptors (Lipinski definition) is 2. The average molecular weight is 293 g/mol. The van der Waals surface area contributed by atoms with Crippen molar-refractivity contribution >= 4 is 33.6 Å². The number of benzene rings is 1. The Hall–Kier alpha value is -0.740. The van der Waals surface area contributed by atoms with Crippen molar-refractivity contribution in [2.24, 2.45) is 0 Å². The highest BCUT2D eigenvalue weighted by Gasteiger charge is 2.10. The fraction of sp³-hybridized carbons (Fsp3) is 0.300. The third-order valence-electron chi connectivity index (χ3n) is 1.90. The molecule has 15 heavy (non-hydrogen) atoms. The molecule has 0 radical (unpaired) electrons. The maximum atomic E-state index is 11.2. The molecule has 0 saturated carbocycles. The fourth-order valence-corrected chi connectivity index (χ4v) is 1.73. The van der Waals surface area contributed by atoms with E-state index in [-0.39, 0.29) is 6.09 Å². The first-order chi connectivity index (χ1) is 7.04. The zero-order valence-electron chi connectivity index (χ0n) is 8.46. The average Bonchev–Trinajstić information content (AvgIpc) is 2.22. The Morgan fingerprint density at radius 2 is 2.27 bits per heavy atom. The monoisotopic (exact) mass is 291 g/mol. The summed E-state index contributed by atoms with van der Waals surface area (Å²) in [5.74, 6) is 0. The predicted octanol–water partition coefficient (Wildman–Crippen LogP) is 3.30. The minimum Gasteiger partial charge on any atom is -0.453 e. The summed E-state index contributed by atoms with van der Waals surface area (Å²) in [6.45, 7) is 0.422. The molecule has 0 fully saturated rings. The van der Waals surface area contributed by atoms with Gasteiger partial charge in [0.25, 0.3) is 0 Å². The smallest absolute Gasteiger partial charge is 0.409 e. The van der Waals surface area contributed by atoms with Gasteiger partial charge in [0.1, 0.15) is 0 Å². The number of halogens is 2. The first-order valence-corrected chi connectivity index (χ1v) is 5.44. The minimum absolute atomic E-state index is 0.383. The van der Waals surface area contributed by atoms with Gasteiger partial charge < -0.3 is 9.64 Å². The Morgan fingerprint density at radius 3 is 2.87 bits per heavy atom. The third-order valence-corrected chi connectivity index (χ3v) is 2.76. The molecule has 5 heteroatoms. The van der Waals surface area contributed by atoms with E-state index < -0.39 is 0 Å². The highest BCUT2D eigenvalue weighted by molar-refractivity contribution is 9.10. The summed E-state index contributed by atoms with van der Waals surface area (Å²) >= 11 is 9.34. The molecule has 0 bridgehead atoms. The van der Waals surface area contributed by atoms with E-state index in [4.69, 9.17) is 11.6 Å². The molecule has 0 unspecified atom stereocenters. The second kappa shape index (κ2) is 5.37. The van der Waals surface area contributed by atoms with Gasteiger partial charge in [0.05, 0.1) is 13.7 Å². The van der Waals surface area contributed by atoms with E-state index in [9.17, 15) is 4.79 Å². The summed E-state index contributed by atoms with van der Waals surface area (Å²) in [5.41, 5.74) is 0.874. The third kappa shape index (κ3) is 3.39. The molecule has 0 spiro atoms. The highest BCUT2D eigenvalue weighted by Crippen LogP contribution is 2.22. The van der Waals surface area contributed by atoms with Crippen LogP contribution in [-0.4, -0.2) is 25.2 Å². The molecule has 3 nitrogen and oxygen atoms in total. The lowest BCUT2D eigenvalue weighted by atomic mass is 10.2. The molecule has 1 aromatic rings. The largest absolute Gasteiger partial charge is 0.453 e. The van der Waals surface area contributed by atoms with E-state index in [1.54, 1.807) is 13.1 Å². The maximum Gasteiger partial charge on any atom is 0.409 e. The van der Waals surface area contributed by atoms with Crippen LogP contribution in [0.15, 0.2) is 22.7 Å². The maximum absolute atomic E-state index is 11.2. The van der Waals surface area contributed by atoms with E-state index >= 15 is 0 Å². The van der Waals surface area contributed by atoms with E-state index in [1.165, 1.54) is 12.0 Å². The molecule has 1 rings (SSSR count). The first kappa shape index (κ1) is 12.3. The highest BCUT2D eigenvalue weighted by atomic mass is 79.9. The van der Waals surface area contributed by atoms with Crippen LogP contribution in [0, 0.1) is 0 Å². The van der Waals surface area contributed by atoms with Crippen molar-refractivity contribution in [3.63, 3.8) is 0 Å². The molecule has 0 atom stereocenters. The summed E-state index contributed by atoms with van der Waals surface area (Å²) in [4.78, 5) is 12.6. The van der Waals surface area contributed by atoms with E-state index in [0.29, 0.717) is 11.6 Å². The lowest BCUT2D eigenvalue weighted by Crippen LogP contribution is -2.25. The van der Waals surface area contributed by atoms with Gasteiger partial charge in [-0.05, 0) is 23.8 Å². The summed E-state index contributed by atoms with van der Waals surface area (Å²) in [6, 6.07) is 5.51. The Morgan fingerprint density at radius 1 is 1.60 bits per heavy atom. The summed E-state index contributed by atoms with van der Waals surface area (Å²) < 4.78 is 5.52. The first-order valence-electron chi connectivity index (χ1n) is 4.27. The zero-order chi connectivity index (χ0) is 11.4. The van der Waals surface area contributed by atoms with Crippen molar-refractivity contribution in [3.05, 3.63) is 33.3 Å². The minimum atomic E-state index is -0.383. The normalized spacial score (nSPS) is 9.87. The van der Waals surface area contributed by atoms with Crippen LogP contribution in [0.5, 0.6) is 0 Å². The van der Waals surface area contributed by atoms with Crippen molar-refractivity contribution in [1.29, 1.82) is 0 Å². The molecule has 0 aliphatic rings. The number of rotatable bonds is 2. The number of carbonyl (C=O) groups is 1. The fourth-order valence-electron chi connectivity index (χ4n) is 1.14. The Labute approximate surface area is 102 Å². The summed E-state index contributed by atoms with van der Waals surface area (Å²) in [5, 5.41) is 0.633. The molecule has 0 N–H and O–H groups in total. The topological polar surface area (TPSA) is 29.5 Å². The van der Waals surface area contributed by atoms with Crippen molar-refractivity contribution in [2.75, 3.05) is 14.2 Å². The molecule has 0 aliphatic carbocycles. The molecule has 82 valence electrons. The van der Waals surface area contributed by atoms with Crippen LogP contribution < -0.4 is 0 Å². The number of methoxy groups -OCH3 is 1. The Kier molecular flexibility index (Phi) is 4.42. The summed E-state index contributed by atoms with van der Waals surface area (Å²) in [6.07, 6.45) is -0.383. The van der Waals surface area contributed by atoms with E-state index in [2.05, 4.69) is 20.7 Å². The van der Waals surface area contributed by atoms with Gasteiger partial charge in [0.15, 0.2) is 0 Å². The van der Waals surface area contributed by atoms with E-state index in [0.717, 1.165) is 10.0 Å². The molecular weight excluding hydrogens is 281 g/mol. The van der Waals surface area contributed by atoms with Crippen molar-refractivity contribution in [2.45, 2.75) is 6.54 Å². The van der Waals surface area contributed by atoms with Crippen LogP contribution in [0.25, 0.3) is 0 Å². The van der Waals surface area contributed by atoms with Gasteiger partial charge in [0, 0.05) is 16.5 Å². The SMILES string of the molecule is COC(=O)N(C)Cc1cc(Br)ccc1Cl. The second-order valence-corrected chi connectivity index (χ2v) is 4.38. The molecule has 0 saturated heterocycles. The predicted molar refractivity (Wildman–Crippen MR) is 63.0 cm³/mol. The van der Waals surface area contributed by atoms with Crippen LogP contribution in [-0.2, 0) is 11.3 Å². The van der Waals surface area contributed by atoms with Gasteiger partial charge in [-0.25, -0.2) is 4.79 Å². The van der Waals surface area contributed by atoms with Crippen LogP contribution in [0.1, 0.15) is 5.56 Å². The number of ether oxygens (including phenoxy) is 1. The zero-order valence-corrected chi connectivity index (χ0v) is 10.8.